The van der Waals surface area contributed by atoms with Crippen LogP contribution in [0.2, 0.25) is 0 Å². The zero-order chi connectivity index (χ0) is 39.5. The predicted molar refractivity (Wildman–Crippen MR) is 222 cm³/mol. The maximum atomic E-state index is 14.8. The molecule has 55 heavy (non-hydrogen) atoms. The quantitative estimate of drug-likeness (QED) is 0.0594. The predicted octanol–water partition coefficient (Wildman–Crippen LogP) is 8.32. The maximum absolute atomic E-state index is 14.8. The van der Waals surface area contributed by atoms with Crippen molar-refractivity contribution in [2.45, 2.75) is 66.2 Å². The summed E-state index contributed by atoms with van der Waals surface area (Å²) in [5.74, 6) is 2.51. The van der Waals surface area contributed by atoms with Gasteiger partial charge in [0.15, 0.2) is 23.0 Å². The van der Waals surface area contributed by atoms with Crippen LogP contribution in [0, 0.1) is 5.41 Å². The van der Waals surface area contributed by atoms with Gasteiger partial charge in [-0.2, -0.15) is 0 Å². The molecule has 0 N–H and O–H groups in total. The fourth-order valence-corrected chi connectivity index (χ4v) is 7.12. The zero-order valence-corrected chi connectivity index (χ0v) is 34.0. The van der Waals surface area contributed by atoms with E-state index in [1.165, 1.54) is 0 Å². The molecule has 0 aromatic heterocycles. The summed E-state index contributed by atoms with van der Waals surface area (Å²) in [7, 11) is 3.27. The van der Waals surface area contributed by atoms with Crippen LogP contribution in [0.15, 0.2) is 97.1 Å². The molecular weight excluding hydrogens is 689 g/mol. The van der Waals surface area contributed by atoms with Gasteiger partial charge in [0.1, 0.15) is 24.8 Å². The molecule has 4 aromatic carbocycles. The second kappa shape index (κ2) is 22.7. The Morgan fingerprint density at radius 1 is 0.509 bits per heavy atom. The molecule has 0 aliphatic heterocycles. The van der Waals surface area contributed by atoms with Crippen molar-refractivity contribution in [3.63, 3.8) is 0 Å². The number of carbonyl (C=O) groups excluding carboxylic acids is 2. The standard InChI is InChI=1S/C47H62N2O6/c1-7-48(8-2)29-31-54-41-25-21-37(33-43(41)52-5)23-27-45(50)47(35-39-17-13-11-14-18-39,36-40-19-15-12-16-20-40)46(51)28-24-38-22-26-42(44(34-38)53-6)55-32-30-49(9-3)10-4/h11-22,25-26,33-34H,7-10,23-24,27-32,35-36H2,1-6H3. The summed E-state index contributed by atoms with van der Waals surface area (Å²) in [6, 6.07) is 31.5. The minimum absolute atomic E-state index is 0.0572. The van der Waals surface area contributed by atoms with E-state index in [-0.39, 0.29) is 24.4 Å². The lowest BCUT2D eigenvalue weighted by molar-refractivity contribution is -0.141. The van der Waals surface area contributed by atoms with E-state index < -0.39 is 5.41 Å². The number of nitrogens with zero attached hydrogens (tertiary/aromatic N) is 2. The smallest absolute Gasteiger partial charge is 0.161 e. The number of hydrogen-bond donors (Lipinski definition) is 0. The summed E-state index contributed by atoms with van der Waals surface area (Å²) in [6.07, 6.45) is 2.02. The van der Waals surface area contributed by atoms with Gasteiger partial charge in [0.05, 0.1) is 19.6 Å². The largest absolute Gasteiger partial charge is 0.493 e. The molecule has 8 nitrogen and oxygen atoms in total. The summed E-state index contributed by atoms with van der Waals surface area (Å²) >= 11 is 0. The number of aryl methyl sites for hydroxylation is 2. The van der Waals surface area contributed by atoms with Gasteiger partial charge >= 0.3 is 0 Å². The number of ether oxygens (including phenoxy) is 4. The average molecular weight is 751 g/mol. The summed E-state index contributed by atoms with van der Waals surface area (Å²) in [6.45, 7) is 15.2. The molecule has 4 rings (SSSR count). The fraction of sp³-hybridized carbons (Fsp3) is 0.447. The van der Waals surface area contributed by atoms with E-state index in [9.17, 15) is 9.59 Å². The molecule has 0 unspecified atom stereocenters. The van der Waals surface area contributed by atoms with Gasteiger partial charge in [-0.25, -0.2) is 0 Å². The monoisotopic (exact) mass is 750 g/mol. The third-order valence-electron chi connectivity index (χ3n) is 10.6. The molecule has 296 valence electrons. The first kappa shape index (κ1) is 43.1. The Balaban J connectivity index is 1.57. The lowest BCUT2D eigenvalue weighted by atomic mass is 9.68. The SMILES string of the molecule is CCN(CC)CCOc1ccc(CCC(=O)C(Cc2ccccc2)(Cc2ccccc2)C(=O)CCc2ccc(OCCN(CC)CC)c(OC)c2)cc1OC. The number of Topliss-reactive ketones (excluding diaryl/α,β-unsaturated/α-hetero) is 2. The Labute approximate surface area is 329 Å². The highest BCUT2D eigenvalue weighted by Crippen LogP contribution is 2.36. The molecule has 0 bridgehead atoms. The third kappa shape index (κ3) is 12.7. The van der Waals surface area contributed by atoms with E-state index in [4.69, 9.17) is 18.9 Å². The van der Waals surface area contributed by atoms with E-state index in [0.717, 1.165) is 61.5 Å². The van der Waals surface area contributed by atoms with Crippen molar-refractivity contribution in [2.24, 2.45) is 5.41 Å². The van der Waals surface area contributed by atoms with Gasteiger partial charge in [0.2, 0.25) is 0 Å². The van der Waals surface area contributed by atoms with Crippen molar-refractivity contribution in [2.75, 3.05) is 66.7 Å². The Kier molecular flexibility index (Phi) is 17.7. The normalized spacial score (nSPS) is 11.5. The number of methoxy groups -OCH3 is 2. The number of rotatable bonds is 26. The van der Waals surface area contributed by atoms with Crippen LogP contribution in [0.5, 0.6) is 23.0 Å². The fourth-order valence-electron chi connectivity index (χ4n) is 7.12. The summed E-state index contributed by atoms with van der Waals surface area (Å²) < 4.78 is 23.6. The minimum Gasteiger partial charge on any atom is -0.493 e. The number of hydrogen-bond acceptors (Lipinski definition) is 8. The molecule has 0 amide bonds. The first-order chi connectivity index (χ1) is 26.8. The van der Waals surface area contributed by atoms with Crippen LogP contribution in [0.1, 0.15) is 62.8 Å². The van der Waals surface area contributed by atoms with Crippen LogP contribution < -0.4 is 18.9 Å². The molecule has 0 radical (unpaired) electrons. The molecule has 0 aliphatic carbocycles. The zero-order valence-electron chi connectivity index (χ0n) is 34.0. The molecule has 0 atom stereocenters. The third-order valence-corrected chi connectivity index (χ3v) is 10.6. The molecule has 0 saturated heterocycles. The minimum atomic E-state index is -1.25. The molecule has 0 fully saturated rings. The Hall–Kier alpha value is -4.66. The highest BCUT2D eigenvalue weighted by molar-refractivity contribution is 6.07. The van der Waals surface area contributed by atoms with Gasteiger partial charge < -0.3 is 28.7 Å². The highest BCUT2D eigenvalue weighted by Gasteiger charge is 2.44. The van der Waals surface area contributed by atoms with Gasteiger partial charge in [-0.1, -0.05) is 100 Å². The first-order valence-electron chi connectivity index (χ1n) is 20.0. The summed E-state index contributed by atoms with van der Waals surface area (Å²) in [5.41, 5.74) is 2.57. The summed E-state index contributed by atoms with van der Waals surface area (Å²) in [4.78, 5) is 34.2. The Bertz CT molecular complexity index is 1610. The highest BCUT2D eigenvalue weighted by atomic mass is 16.5. The summed E-state index contributed by atoms with van der Waals surface area (Å²) in [5, 5.41) is 0. The Morgan fingerprint density at radius 2 is 0.891 bits per heavy atom. The maximum Gasteiger partial charge on any atom is 0.161 e. The molecule has 0 saturated carbocycles. The lowest BCUT2D eigenvalue weighted by Gasteiger charge is -2.32. The molecule has 0 spiro atoms. The van der Waals surface area contributed by atoms with Gasteiger partial charge in [0, 0.05) is 25.9 Å². The molecule has 8 heteroatoms. The van der Waals surface area contributed by atoms with Crippen LogP contribution in [-0.4, -0.2) is 88.1 Å². The van der Waals surface area contributed by atoms with E-state index >= 15 is 0 Å². The van der Waals surface area contributed by atoms with Crippen molar-refractivity contribution < 1.29 is 28.5 Å². The van der Waals surface area contributed by atoms with Crippen LogP contribution in [-0.2, 0) is 35.3 Å². The first-order valence-corrected chi connectivity index (χ1v) is 20.0. The van der Waals surface area contributed by atoms with Gasteiger partial charge in [-0.3, -0.25) is 9.59 Å². The van der Waals surface area contributed by atoms with Crippen LogP contribution >= 0.6 is 0 Å². The second-order valence-corrected chi connectivity index (χ2v) is 14.0. The molecule has 0 heterocycles. The molecule has 0 aliphatic rings. The number of likely N-dealkylation sites (N-methyl/N-ethyl adjacent to an activating group) is 2. The Morgan fingerprint density at radius 3 is 1.24 bits per heavy atom. The van der Waals surface area contributed by atoms with Crippen molar-refractivity contribution >= 4 is 11.6 Å². The van der Waals surface area contributed by atoms with Gasteiger partial charge in [-0.15, -0.1) is 0 Å². The van der Waals surface area contributed by atoms with Crippen molar-refractivity contribution in [3.05, 3.63) is 119 Å². The van der Waals surface area contributed by atoms with E-state index in [1.54, 1.807) is 14.2 Å². The van der Waals surface area contributed by atoms with Crippen LogP contribution in [0.3, 0.4) is 0 Å². The van der Waals surface area contributed by atoms with Crippen molar-refractivity contribution in [1.82, 2.24) is 9.80 Å². The van der Waals surface area contributed by atoms with Crippen LogP contribution in [0.25, 0.3) is 0 Å². The number of ketones is 2. The lowest BCUT2D eigenvalue weighted by Crippen LogP contribution is -2.44. The topological polar surface area (TPSA) is 77.5 Å². The average Bonchev–Trinajstić information content (AvgIpc) is 3.23. The van der Waals surface area contributed by atoms with E-state index in [2.05, 4.69) is 37.5 Å². The van der Waals surface area contributed by atoms with Crippen molar-refractivity contribution in [1.29, 1.82) is 0 Å². The number of benzene rings is 4. The van der Waals surface area contributed by atoms with E-state index in [0.29, 0.717) is 61.9 Å². The molecular formula is C47H62N2O6. The second-order valence-electron chi connectivity index (χ2n) is 14.0. The van der Waals surface area contributed by atoms with E-state index in [1.807, 2.05) is 97.1 Å². The molecule has 4 aromatic rings. The van der Waals surface area contributed by atoms with Gasteiger partial charge in [0.25, 0.3) is 0 Å². The van der Waals surface area contributed by atoms with Crippen LogP contribution in [0.4, 0.5) is 0 Å². The van der Waals surface area contributed by atoms with Gasteiger partial charge in [-0.05, 0) is 98.4 Å². The van der Waals surface area contributed by atoms with Crippen molar-refractivity contribution in [3.8, 4) is 23.0 Å². The number of carbonyl (C=O) groups is 2.